The minimum Gasteiger partial charge on any atom is -0.393 e. The molecular weight excluding hydrogens is 164 g/mol. The van der Waals surface area contributed by atoms with E-state index in [2.05, 4.69) is 0 Å². The first-order valence-corrected chi connectivity index (χ1v) is 5.64. The molecule has 0 saturated heterocycles. The van der Waals surface area contributed by atoms with Crippen LogP contribution in [0.1, 0.15) is 44.9 Å². The van der Waals surface area contributed by atoms with Crippen molar-refractivity contribution in [3.05, 3.63) is 0 Å². The van der Waals surface area contributed by atoms with Crippen molar-refractivity contribution in [2.45, 2.75) is 57.2 Å². The van der Waals surface area contributed by atoms with Crippen LogP contribution < -0.4 is 0 Å². The molecule has 2 aliphatic carbocycles. The number of aliphatic hydroxyl groups excluding tert-OH is 1. The average Bonchev–Trinajstić information content (AvgIpc) is 2.71. The molecule has 2 unspecified atom stereocenters. The molecule has 0 aromatic carbocycles. The molecular formula is C11H20O2. The maximum atomic E-state index is 9.31. The SMILES string of the molecule is OC1CCC(OCC2CCCC2)C1. The standard InChI is InChI=1S/C11H20O2/c12-10-5-6-11(7-10)13-8-9-3-1-2-4-9/h9-12H,1-8H2. The molecule has 0 bridgehead atoms. The Labute approximate surface area is 80.3 Å². The van der Waals surface area contributed by atoms with E-state index in [0.717, 1.165) is 31.8 Å². The second-order valence-electron chi connectivity index (χ2n) is 4.57. The molecule has 0 aromatic heterocycles. The van der Waals surface area contributed by atoms with Gasteiger partial charge in [0.15, 0.2) is 0 Å². The molecule has 0 heterocycles. The van der Waals surface area contributed by atoms with E-state index in [1.807, 2.05) is 0 Å². The van der Waals surface area contributed by atoms with Gasteiger partial charge in [0, 0.05) is 6.61 Å². The normalized spacial score (nSPS) is 35.8. The molecule has 1 N–H and O–H groups in total. The summed E-state index contributed by atoms with van der Waals surface area (Å²) >= 11 is 0. The van der Waals surface area contributed by atoms with Gasteiger partial charge in [0.2, 0.25) is 0 Å². The highest BCUT2D eigenvalue weighted by molar-refractivity contribution is 4.76. The highest BCUT2D eigenvalue weighted by atomic mass is 16.5. The molecule has 0 radical (unpaired) electrons. The van der Waals surface area contributed by atoms with E-state index in [1.165, 1.54) is 25.7 Å². The Hall–Kier alpha value is -0.0800. The first-order valence-electron chi connectivity index (χ1n) is 5.64. The molecule has 0 aromatic rings. The molecule has 2 nitrogen and oxygen atoms in total. The third-order valence-electron chi connectivity index (χ3n) is 3.40. The van der Waals surface area contributed by atoms with Crippen LogP contribution >= 0.6 is 0 Å². The van der Waals surface area contributed by atoms with Crippen LogP contribution in [0, 0.1) is 5.92 Å². The summed E-state index contributed by atoms with van der Waals surface area (Å²) in [5, 5.41) is 9.31. The summed E-state index contributed by atoms with van der Waals surface area (Å²) in [5.41, 5.74) is 0. The summed E-state index contributed by atoms with van der Waals surface area (Å²) < 4.78 is 5.80. The lowest BCUT2D eigenvalue weighted by molar-refractivity contribution is 0.0264. The number of hydrogen-bond acceptors (Lipinski definition) is 2. The lowest BCUT2D eigenvalue weighted by atomic mass is 10.1. The zero-order valence-corrected chi connectivity index (χ0v) is 8.24. The highest BCUT2D eigenvalue weighted by Crippen LogP contribution is 2.27. The third-order valence-corrected chi connectivity index (χ3v) is 3.40. The maximum absolute atomic E-state index is 9.31. The van der Waals surface area contributed by atoms with Gasteiger partial charge in [-0.3, -0.25) is 0 Å². The van der Waals surface area contributed by atoms with E-state index in [-0.39, 0.29) is 6.10 Å². The fourth-order valence-electron chi connectivity index (χ4n) is 2.52. The highest BCUT2D eigenvalue weighted by Gasteiger charge is 2.24. The fraction of sp³-hybridized carbons (Fsp3) is 1.00. The predicted molar refractivity (Wildman–Crippen MR) is 51.6 cm³/mol. The van der Waals surface area contributed by atoms with Crippen LogP contribution in [-0.4, -0.2) is 23.9 Å². The number of hydrogen-bond donors (Lipinski definition) is 1. The van der Waals surface area contributed by atoms with E-state index < -0.39 is 0 Å². The molecule has 2 rings (SSSR count). The molecule has 76 valence electrons. The first kappa shape index (κ1) is 9.47. The van der Waals surface area contributed by atoms with Crippen LogP contribution in [0.4, 0.5) is 0 Å². The summed E-state index contributed by atoms with van der Waals surface area (Å²) in [4.78, 5) is 0. The van der Waals surface area contributed by atoms with Crippen molar-refractivity contribution in [2.24, 2.45) is 5.92 Å². The lowest BCUT2D eigenvalue weighted by Crippen LogP contribution is -2.15. The van der Waals surface area contributed by atoms with Gasteiger partial charge in [-0.15, -0.1) is 0 Å². The largest absolute Gasteiger partial charge is 0.393 e. The van der Waals surface area contributed by atoms with Crippen molar-refractivity contribution in [3.63, 3.8) is 0 Å². The molecule has 2 heteroatoms. The van der Waals surface area contributed by atoms with Gasteiger partial charge in [0.05, 0.1) is 12.2 Å². The van der Waals surface area contributed by atoms with E-state index in [9.17, 15) is 5.11 Å². The number of rotatable bonds is 3. The lowest BCUT2D eigenvalue weighted by Gasteiger charge is -2.14. The minimum absolute atomic E-state index is 0.0893. The van der Waals surface area contributed by atoms with Crippen molar-refractivity contribution in [3.8, 4) is 0 Å². The summed E-state index contributed by atoms with van der Waals surface area (Å²) in [6.45, 7) is 0.942. The molecule has 2 atom stereocenters. The van der Waals surface area contributed by atoms with Gasteiger partial charge in [0.1, 0.15) is 0 Å². The van der Waals surface area contributed by atoms with E-state index in [0.29, 0.717) is 6.10 Å². The number of aliphatic hydroxyl groups is 1. The van der Waals surface area contributed by atoms with Crippen molar-refractivity contribution >= 4 is 0 Å². The predicted octanol–water partition coefficient (Wildman–Crippen LogP) is 2.11. The second kappa shape index (κ2) is 4.43. The zero-order chi connectivity index (χ0) is 9.10. The van der Waals surface area contributed by atoms with Crippen molar-refractivity contribution in [2.75, 3.05) is 6.61 Å². The molecule has 0 aliphatic heterocycles. The summed E-state index contributed by atoms with van der Waals surface area (Å²) in [7, 11) is 0. The molecule has 2 aliphatic rings. The van der Waals surface area contributed by atoms with Crippen LogP contribution in [0.2, 0.25) is 0 Å². The average molecular weight is 184 g/mol. The molecule has 0 amide bonds. The van der Waals surface area contributed by atoms with Crippen LogP contribution in [0.25, 0.3) is 0 Å². The fourth-order valence-corrected chi connectivity index (χ4v) is 2.52. The number of ether oxygens (including phenoxy) is 1. The van der Waals surface area contributed by atoms with Gasteiger partial charge in [-0.2, -0.15) is 0 Å². The van der Waals surface area contributed by atoms with Crippen LogP contribution in [0.5, 0.6) is 0 Å². The second-order valence-corrected chi connectivity index (χ2v) is 4.57. The molecule has 2 fully saturated rings. The van der Waals surface area contributed by atoms with E-state index in [4.69, 9.17) is 4.74 Å². The van der Waals surface area contributed by atoms with Crippen LogP contribution in [0.15, 0.2) is 0 Å². The topological polar surface area (TPSA) is 29.5 Å². The Morgan fingerprint density at radius 3 is 2.46 bits per heavy atom. The Bertz CT molecular complexity index is 152. The smallest absolute Gasteiger partial charge is 0.0600 e. The summed E-state index contributed by atoms with van der Waals surface area (Å²) in [6.07, 6.45) is 8.63. The third kappa shape index (κ3) is 2.68. The van der Waals surface area contributed by atoms with Crippen LogP contribution in [0.3, 0.4) is 0 Å². The van der Waals surface area contributed by atoms with Gasteiger partial charge in [-0.1, -0.05) is 12.8 Å². The molecule has 2 saturated carbocycles. The monoisotopic (exact) mass is 184 g/mol. The van der Waals surface area contributed by atoms with Gasteiger partial charge >= 0.3 is 0 Å². The van der Waals surface area contributed by atoms with Crippen LogP contribution in [-0.2, 0) is 4.74 Å². The molecule has 13 heavy (non-hydrogen) atoms. The molecule has 0 spiro atoms. The quantitative estimate of drug-likeness (QED) is 0.728. The van der Waals surface area contributed by atoms with Gasteiger partial charge in [-0.25, -0.2) is 0 Å². The van der Waals surface area contributed by atoms with Crippen molar-refractivity contribution < 1.29 is 9.84 Å². The van der Waals surface area contributed by atoms with Gasteiger partial charge in [-0.05, 0) is 38.0 Å². The first-order chi connectivity index (χ1) is 6.34. The Morgan fingerprint density at radius 2 is 1.85 bits per heavy atom. The van der Waals surface area contributed by atoms with Gasteiger partial charge < -0.3 is 9.84 Å². The Kier molecular flexibility index (Phi) is 3.23. The minimum atomic E-state index is -0.0893. The van der Waals surface area contributed by atoms with Crippen molar-refractivity contribution in [1.29, 1.82) is 0 Å². The zero-order valence-electron chi connectivity index (χ0n) is 8.24. The van der Waals surface area contributed by atoms with Crippen molar-refractivity contribution in [1.82, 2.24) is 0 Å². The van der Waals surface area contributed by atoms with Gasteiger partial charge in [0.25, 0.3) is 0 Å². The Morgan fingerprint density at radius 1 is 1.08 bits per heavy atom. The summed E-state index contributed by atoms with van der Waals surface area (Å²) in [6, 6.07) is 0. The maximum Gasteiger partial charge on any atom is 0.0600 e. The van der Waals surface area contributed by atoms with E-state index >= 15 is 0 Å². The van der Waals surface area contributed by atoms with E-state index in [1.54, 1.807) is 0 Å². The summed E-state index contributed by atoms with van der Waals surface area (Å²) in [5.74, 6) is 0.817. The Balaban J connectivity index is 1.62.